The van der Waals surface area contributed by atoms with Gasteiger partial charge in [-0.05, 0) is 23.7 Å². The summed E-state index contributed by atoms with van der Waals surface area (Å²) in [5.41, 5.74) is -1.05. The van der Waals surface area contributed by atoms with Gasteiger partial charge in [0.05, 0.1) is 0 Å². The molecule has 0 spiro atoms. The zero-order valence-electron chi connectivity index (χ0n) is 6.67. The second kappa shape index (κ2) is 4.11. The van der Waals surface area contributed by atoms with Crippen molar-refractivity contribution < 1.29 is 13.6 Å². The maximum atomic E-state index is 12.2. The summed E-state index contributed by atoms with van der Waals surface area (Å²) in [6.45, 7) is 0. The third-order valence-corrected chi connectivity index (χ3v) is 1.63. The van der Waals surface area contributed by atoms with Crippen molar-refractivity contribution in [2.45, 2.75) is 6.43 Å². The summed E-state index contributed by atoms with van der Waals surface area (Å²) in [5.74, 6) is 0. The molecular formula is C8H3ClF2N2O. The van der Waals surface area contributed by atoms with Gasteiger partial charge in [0.25, 0.3) is 11.7 Å². The monoisotopic (exact) mass is 216 g/mol. The Labute approximate surface area is 82.9 Å². The van der Waals surface area contributed by atoms with Crippen LogP contribution in [-0.4, -0.2) is 10.2 Å². The second-order valence-electron chi connectivity index (χ2n) is 2.35. The number of aromatic nitrogens is 1. The first-order valence-corrected chi connectivity index (χ1v) is 3.82. The minimum Gasteiger partial charge on any atom is -0.276 e. The molecule has 6 heteroatoms. The lowest BCUT2D eigenvalue weighted by atomic mass is 10.2. The van der Waals surface area contributed by atoms with E-state index in [4.69, 9.17) is 16.9 Å². The third kappa shape index (κ3) is 2.24. The van der Waals surface area contributed by atoms with Gasteiger partial charge in [0.1, 0.15) is 17.5 Å². The molecule has 0 atom stereocenters. The number of alkyl halides is 2. The summed E-state index contributed by atoms with van der Waals surface area (Å²) < 4.78 is 24.4. The van der Waals surface area contributed by atoms with Gasteiger partial charge in [0.15, 0.2) is 0 Å². The number of hydrogen-bond donors (Lipinski definition) is 0. The molecule has 0 saturated heterocycles. The molecule has 1 aromatic rings. The van der Waals surface area contributed by atoms with Crippen LogP contribution >= 0.6 is 11.6 Å². The minimum atomic E-state index is -2.84. The molecule has 0 bridgehead atoms. The fraction of sp³-hybridized carbons (Fsp3) is 0.125. The van der Waals surface area contributed by atoms with E-state index in [1.165, 1.54) is 0 Å². The fourth-order valence-electron chi connectivity index (χ4n) is 0.834. The van der Waals surface area contributed by atoms with Crippen molar-refractivity contribution in [2.24, 2.45) is 0 Å². The highest BCUT2D eigenvalue weighted by atomic mass is 35.5. The molecular weight excluding hydrogens is 214 g/mol. The summed E-state index contributed by atoms with van der Waals surface area (Å²) in [4.78, 5) is 14.0. The van der Waals surface area contributed by atoms with Crippen molar-refractivity contribution in [1.29, 1.82) is 5.26 Å². The second-order valence-corrected chi connectivity index (χ2v) is 2.70. The van der Waals surface area contributed by atoms with Crippen LogP contribution in [0.1, 0.15) is 28.2 Å². The minimum absolute atomic E-state index is 0.159. The van der Waals surface area contributed by atoms with Gasteiger partial charge in [-0.1, -0.05) is 0 Å². The van der Waals surface area contributed by atoms with Gasteiger partial charge in [0.2, 0.25) is 0 Å². The standard InChI is InChI=1S/C8H3ClF2N2O/c9-7(14)4-1-5(3-12)13-6(2-4)8(10)11/h1-2,8H. The van der Waals surface area contributed by atoms with Crippen molar-refractivity contribution in [2.75, 3.05) is 0 Å². The highest BCUT2D eigenvalue weighted by molar-refractivity contribution is 6.67. The van der Waals surface area contributed by atoms with Crippen LogP contribution in [0.3, 0.4) is 0 Å². The van der Waals surface area contributed by atoms with E-state index in [2.05, 4.69) is 4.98 Å². The number of nitriles is 1. The average Bonchev–Trinajstić information content (AvgIpc) is 2.16. The van der Waals surface area contributed by atoms with Crippen LogP contribution in [0.2, 0.25) is 0 Å². The van der Waals surface area contributed by atoms with Crippen LogP contribution in [0.5, 0.6) is 0 Å². The summed E-state index contributed by atoms with van der Waals surface area (Å²) in [5, 5.41) is 7.54. The van der Waals surface area contributed by atoms with E-state index in [0.29, 0.717) is 0 Å². The van der Waals surface area contributed by atoms with Crippen LogP contribution in [0, 0.1) is 11.3 Å². The molecule has 0 N–H and O–H groups in total. The number of hydrogen-bond acceptors (Lipinski definition) is 3. The number of halogens is 3. The molecule has 1 heterocycles. The Hall–Kier alpha value is -1.54. The average molecular weight is 217 g/mol. The van der Waals surface area contributed by atoms with Crippen molar-refractivity contribution >= 4 is 16.8 Å². The maximum absolute atomic E-state index is 12.2. The number of rotatable bonds is 2. The highest BCUT2D eigenvalue weighted by Crippen LogP contribution is 2.19. The summed E-state index contributed by atoms with van der Waals surface area (Å²) >= 11 is 5.09. The van der Waals surface area contributed by atoms with Crippen molar-refractivity contribution in [1.82, 2.24) is 4.98 Å². The number of pyridine rings is 1. The molecule has 14 heavy (non-hydrogen) atoms. The Bertz CT molecular complexity index is 414. The number of carbonyl (C=O) groups excluding carboxylic acids is 1. The molecule has 3 nitrogen and oxygen atoms in total. The van der Waals surface area contributed by atoms with E-state index in [1.807, 2.05) is 0 Å². The smallest absolute Gasteiger partial charge is 0.276 e. The lowest BCUT2D eigenvalue weighted by Gasteiger charge is -2.00. The lowest BCUT2D eigenvalue weighted by molar-refractivity contribution is 0.108. The number of nitrogens with zero attached hydrogens (tertiary/aromatic N) is 2. The van der Waals surface area contributed by atoms with Crippen LogP contribution in [0.4, 0.5) is 8.78 Å². The SMILES string of the molecule is N#Cc1cc(C(=O)Cl)cc(C(F)F)n1. The first kappa shape index (κ1) is 10.5. The van der Waals surface area contributed by atoms with Gasteiger partial charge < -0.3 is 0 Å². The Morgan fingerprint density at radius 2 is 2.21 bits per heavy atom. The maximum Gasteiger partial charge on any atom is 0.280 e. The molecule has 0 aromatic carbocycles. The fourth-order valence-corrected chi connectivity index (χ4v) is 0.944. The largest absolute Gasteiger partial charge is 0.280 e. The van der Waals surface area contributed by atoms with Gasteiger partial charge in [-0.25, -0.2) is 13.8 Å². The Morgan fingerprint density at radius 1 is 1.57 bits per heavy atom. The molecule has 0 aliphatic heterocycles. The predicted molar refractivity (Wildman–Crippen MR) is 44.1 cm³/mol. The van der Waals surface area contributed by atoms with Gasteiger partial charge in [-0.3, -0.25) is 4.79 Å². The van der Waals surface area contributed by atoms with E-state index >= 15 is 0 Å². The van der Waals surface area contributed by atoms with Gasteiger partial charge in [-0.15, -0.1) is 0 Å². The Morgan fingerprint density at radius 3 is 2.64 bits per heavy atom. The normalized spacial score (nSPS) is 9.93. The van der Waals surface area contributed by atoms with Crippen molar-refractivity contribution in [3.8, 4) is 6.07 Å². The first-order chi connectivity index (χ1) is 6.54. The predicted octanol–water partition coefficient (Wildman–Crippen LogP) is 2.27. The topological polar surface area (TPSA) is 53.8 Å². The Kier molecular flexibility index (Phi) is 3.10. The van der Waals surface area contributed by atoms with Crippen LogP contribution in [-0.2, 0) is 0 Å². The first-order valence-electron chi connectivity index (χ1n) is 3.44. The van der Waals surface area contributed by atoms with E-state index < -0.39 is 17.4 Å². The van der Waals surface area contributed by atoms with Crippen LogP contribution in [0.15, 0.2) is 12.1 Å². The molecule has 0 aliphatic rings. The highest BCUT2D eigenvalue weighted by Gasteiger charge is 2.14. The molecule has 0 aliphatic carbocycles. The van der Waals surface area contributed by atoms with E-state index in [9.17, 15) is 13.6 Å². The van der Waals surface area contributed by atoms with Crippen molar-refractivity contribution in [3.63, 3.8) is 0 Å². The van der Waals surface area contributed by atoms with Crippen LogP contribution in [0.25, 0.3) is 0 Å². The quantitative estimate of drug-likeness (QED) is 0.713. The third-order valence-electron chi connectivity index (χ3n) is 1.41. The molecule has 0 amide bonds. The molecule has 0 unspecified atom stereocenters. The van der Waals surface area contributed by atoms with Gasteiger partial charge in [-0.2, -0.15) is 5.26 Å². The summed E-state index contributed by atoms with van der Waals surface area (Å²) in [6.07, 6.45) is -2.84. The zero-order valence-corrected chi connectivity index (χ0v) is 7.42. The summed E-state index contributed by atoms with van der Waals surface area (Å²) in [6, 6.07) is 3.48. The molecule has 1 aromatic heterocycles. The van der Waals surface area contributed by atoms with Crippen LogP contribution < -0.4 is 0 Å². The van der Waals surface area contributed by atoms with Crippen molar-refractivity contribution in [3.05, 3.63) is 29.1 Å². The Balaban J connectivity index is 3.29. The molecule has 0 saturated carbocycles. The molecule has 0 radical (unpaired) electrons. The molecule has 0 fully saturated rings. The van der Waals surface area contributed by atoms with E-state index in [-0.39, 0.29) is 11.3 Å². The van der Waals surface area contributed by atoms with E-state index in [0.717, 1.165) is 12.1 Å². The molecule has 72 valence electrons. The lowest BCUT2D eigenvalue weighted by Crippen LogP contribution is -1.98. The zero-order chi connectivity index (χ0) is 10.7. The van der Waals surface area contributed by atoms with Gasteiger partial charge in [0, 0.05) is 5.56 Å². The van der Waals surface area contributed by atoms with E-state index in [1.54, 1.807) is 6.07 Å². The molecule has 1 rings (SSSR count). The summed E-state index contributed by atoms with van der Waals surface area (Å²) in [7, 11) is 0. The van der Waals surface area contributed by atoms with Gasteiger partial charge >= 0.3 is 0 Å². The number of carbonyl (C=O) groups is 1.